The summed E-state index contributed by atoms with van der Waals surface area (Å²) in [5.41, 5.74) is 4.46. The molecule has 1 saturated carbocycles. The molecule has 0 saturated heterocycles. The zero-order valence-corrected chi connectivity index (χ0v) is 13.2. The number of nitrogens with one attached hydrogen (secondary N) is 1. The largest absolute Gasteiger partial charge is 0.306 e. The lowest BCUT2D eigenvalue weighted by Gasteiger charge is -2.30. The van der Waals surface area contributed by atoms with Crippen molar-refractivity contribution in [3.8, 4) is 0 Å². The Balaban J connectivity index is 2.01. The SMILES string of the molecule is CCNC(c1ccccc1C1CCC1)c1sccc1C. The zero-order chi connectivity index (χ0) is 13.9. The topological polar surface area (TPSA) is 12.0 Å². The highest BCUT2D eigenvalue weighted by atomic mass is 32.1. The van der Waals surface area contributed by atoms with Crippen LogP contribution < -0.4 is 5.32 Å². The van der Waals surface area contributed by atoms with E-state index < -0.39 is 0 Å². The van der Waals surface area contributed by atoms with Crippen LogP contribution in [0.1, 0.15) is 59.7 Å². The Morgan fingerprint density at radius 2 is 2.05 bits per heavy atom. The molecule has 3 rings (SSSR count). The van der Waals surface area contributed by atoms with E-state index >= 15 is 0 Å². The lowest BCUT2D eigenvalue weighted by molar-refractivity contribution is 0.414. The number of rotatable bonds is 5. The molecule has 1 fully saturated rings. The average molecular weight is 285 g/mol. The minimum atomic E-state index is 0.358. The van der Waals surface area contributed by atoms with E-state index in [0.717, 1.165) is 12.5 Å². The minimum absolute atomic E-state index is 0.358. The van der Waals surface area contributed by atoms with Crippen molar-refractivity contribution in [2.75, 3.05) is 6.54 Å². The Kier molecular flexibility index (Phi) is 4.23. The molecule has 1 nitrogen and oxygen atoms in total. The molecule has 1 atom stereocenters. The Morgan fingerprint density at radius 3 is 2.65 bits per heavy atom. The molecule has 1 aromatic heterocycles. The molecule has 1 unspecified atom stereocenters. The molecule has 1 N–H and O–H groups in total. The van der Waals surface area contributed by atoms with Crippen molar-refractivity contribution in [3.05, 3.63) is 57.3 Å². The minimum Gasteiger partial charge on any atom is -0.306 e. The summed E-state index contributed by atoms with van der Waals surface area (Å²) in [6.07, 6.45) is 4.11. The van der Waals surface area contributed by atoms with E-state index in [1.165, 1.54) is 35.3 Å². The third-order valence-electron chi connectivity index (χ3n) is 4.42. The summed E-state index contributed by atoms with van der Waals surface area (Å²) >= 11 is 1.88. The van der Waals surface area contributed by atoms with Crippen molar-refractivity contribution in [1.82, 2.24) is 5.32 Å². The number of aryl methyl sites for hydroxylation is 1. The Morgan fingerprint density at radius 1 is 1.25 bits per heavy atom. The second kappa shape index (κ2) is 6.11. The average Bonchev–Trinajstić information content (AvgIpc) is 2.81. The molecule has 1 aromatic carbocycles. The monoisotopic (exact) mass is 285 g/mol. The van der Waals surface area contributed by atoms with Gasteiger partial charge in [0.05, 0.1) is 6.04 Å². The highest BCUT2D eigenvalue weighted by molar-refractivity contribution is 7.10. The molecule has 0 bridgehead atoms. The standard InChI is InChI=1S/C18H23NS/c1-3-19-17(18-13(2)11-12-20-18)16-10-5-4-9-15(16)14-7-6-8-14/h4-5,9-12,14,17,19H,3,6-8H2,1-2H3. The molecule has 2 aromatic rings. The predicted octanol–water partition coefficient (Wildman–Crippen LogP) is 5.02. The second-order valence-corrected chi connectivity index (χ2v) is 6.66. The van der Waals surface area contributed by atoms with E-state index in [2.05, 4.69) is 54.9 Å². The Labute approximate surface area is 126 Å². The van der Waals surface area contributed by atoms with Gasteiger partial charge in [-0.15, -0.1) is 11.3 Å². The van der Waals surface area contributed by atoms with Crippen LogP contribution in [0.5, 0.6) is 0 Å². The molecule has 20 heavy (non-hydrogen) atoms. The smallest absolute Gasteiger partial charge is 0.0676 e. The predicted molar refractivity (Wildman–Crippen MR) is 87.6 cm³/mol. The van der Waals surface area contributed by atoms with Crippen molar-refractivity contribution in [2.24, 2.45) is 0 Å². The number of thiophene rings is 1. The molecular formula is C18H23NS. The maximum Gasteiger partial charge on any atom is 0.0676 e. The summed E-state index contributed by atoms with van der Waals surface area (Å²) in [5, 5.41) is 5.91. The lowest BCUT2D eigenvalue weighted by Crippen LogP contribution is -2.24. The van der Waals surface area contributed by atoms with E-state index in [1.807, 2.05) is 11.3 Å². The van der Waals surface area contributed by atoms with Gasteiger partial charge in [-0.1, -0.05) is 37.6 Å². The van der Waals surface area contributed by atoms with E-state index in [0.29, 0.717) is 6.04 Å². The first kappa shape index (κ1) is 13.8. The van der Waals surface area contributed by atoms with Gasteiger partial charge in [-0.25, -0.2) is 0 Å². The summed E-state index contributed by atoms with van der Waals surface area (Å²) in [6.45, 7) is 5.42. The van der Waals surface area contributed by atoms with Crippen LogP contribution in [0.25, 0.3) is 0 Å². The number of hydrogen-bond donors (Lipinski definition) is 1. The lowest BCUT2D eigenvalue weighted by atomic mass is 9.77. The zero-order valence-electron chi connectivity index (χ0n) is 12.4. The molecule has 1 aliphatic carbocycles. The fraction of sp³-hybridized carbons (Fsp3) is 0.444. The second-order valence-electron chi connectivity index (χ2n) is 5.72. The summed E-state index contributed by atoms with van der Waals surface area (Å²) in [5.74, 6) is 0.785. The van der Waals surface area contributed by atoms with E-state index in [9.17, 15) is 0 Å². The number of hydrogen-bond acceptors (Lipinski definition) is 2. The molecule has 0 spiro atoms. The fourth-order valence-electron chi connectivity index (χ4n) is 3.09. The van der Waals surface area contributed by atoms with Gasteiger partial charge in [0.1, 0.15) is 0 Å². The summed E-state index contributed by atoms with van der Waals surface area (Å²) in [6, 6.07) is 11.6. The van der Waals surface area contributed by atoms with Gasteiger partial charge >= 0.3 is 0 Å². The van der Waals surface area contributed by atoms with E-state index in [4.69, 9.17) is 0 Å². The maximum absolute atomic E-state index is 3.70. The molecule has 106 valence electrons. The highest BCUT2D eigenvalue weighted by Crippen LogP contribution is 2.41. The Hall–Kier alpha value is -1.12. The highest BCUT2D eigenvalue weighted by Gasteiger charge is 2.26. The quantitative estimate of drug-likeness (QED) is 0.813. The molecular weight excluding hydrogens is 262 g/mol. The summed E-state index contributed by atoms with van der Waals surface area (Å²) < 4.78 is 0. The van der Waals surface area contributed by atoms with Crippen molar-refractivity contribution >= 4 is 11.3 Å². The normalized spacial score (nSPS) is 16.9. The van der Waals surface area contributed by atoms with Gasteiger partial charge in [-0.3, -0.25) is 0 Å². The number of benzene rings is 1. The third-order valence-corrected chi connectivity index (χ3v) is 5.51. The van der Waals surface area contributed by atoms with Crippen molar-refractivity contribution in [1.29, 1.82) is 0 Å². The van der Waals surface area contributed by atoms with Crippen molar-refractivity contribution in [2.45, 2.75) is 45.1 Å². The van der Waals surface area contributed by atoms with E-state index in [-0.39, 0.29) is 0 Å². The van der Waals surface area contributed by atoms with Crippen LogP contribution >= 0.6 is 11.3 Å². The van der Waals surface area contributed by atoms with Crippen LogP contribution in [-0.2, 0) is 0 Å². The molecule has 0 radical (unpaired) electrons. The van der Waals surface area contributed by atoms with Gasteiger partial charge in [0.15, 0.2) is 0 Å². The van der Waals surface area contributed by atoms with Crippen LogP contribution in [0, 0.1) is 6.92 Å². The molecule has 2 heteroatoms. The van der Waals surface area contributed by atoms with Gasteiger partial charge in [-0.05, 0) is 60.4 Å². The molecule has 0 amide bonds. The summed E-state index contributed by atoms with van der Waals surface area (Å²) in [4.78, 5) is 1.47. The van der Waals surface area contributed by atoms with Crippen molar-refractivity contribution in [3.63, 3.8) is 0 Å². The van der Waals surface area contributed by atoms with Crippen molar-refractivity contribution < 1.29 is 0 Å². The van der Waals surface area contributed by atoms with Gasteiger partial charge in [0.2, 0.25) is 0 Å². The molecule has 1 aliphatic rings. The van der Waals surface area contributed by atoms with Gasteiger partial charge < -0.3 is 5.32 Å². The molecule has 0 aliphatic heterocycles. The van der Waals surface area contributed by atoms with E-state index in [1.54, 1.807) is 5.56 Å². The van der Waals surface area contributed by atoms with Gasteiger partial charge in [0.25, 0.3) is 0 Å². The van der Waals surface area contributed by atoms with Crippen LogP contribution in [-0.4, -0.2) is 6.54 Å². The molecule has 1 heterocycles. The van der Waals surface area contributed by atoms with Crippen LogP contribution in [0.2, 0.25) is 0 Å². The van der Waals surface area contributed by atoms with Gasteiger partial charge in [-0.2, -0.15) is 0 Å². The van der Waals surface area contributed by atoms with Crippen LogP contribution in [0.4, 0.5) is 0 Å². The van der Waals surface area contributed by atoms with Crippen LogP contribution in [0.15, 0.2) is 35.7 Å². The first-order valence-electron chi connectivity index (χ1n) is 7.67. The first-order chi connectivity index (χ1) is 9.81. The Bertz CT molecular complexity index is 568. The third kappa shape index (κ3) is 2.55. The fourth-order valence-corrected chi connectivity index (χ4v) is 4.11. The maximum atomic E-state index is 3.70. The van der Waals surface area contributed by atoms with Gasteiger partial charge in [0, 0.05) is 4.88 Å². The summed E-state index contributed by atoms with van der Waals surface area (Å²) in [7, 11) is 0. The first-order valence-corrected chi connectivity index (χ1v) is 8.55. The van der Waals surface area contributed by atoms with Crippen LogP contribution in [0.3, 0.4) is 0 Å².